The number of hydrogen-bond acceptors (Lipinski definition) is 5. The second-order valence-electron chi connectivity index (χ2n) is 6.19. The van der Waals surface area contributed by atoms with E-state index in [4.69, 9.17) is 5.73 Å². The number of aryl methyl sites for hydroxylation is 1. The quantitative estimate of drug-likeness (QED) is 0.567. The average molecular weight is 341 g/mol. The molecular weight excluding hydrogens is 325 g/mol. The number of aromatic amines is 1. The zero-order chi connectivity index (χ0) is 17.9. The summed E-state index contributed by atoms with van der Waals surface area (Å²) in [5.74, 6) is -0.595. The molecule has 128 valence electrons. The number of amides is 1. The lowest BCUT2D eigenvalue weighted by molar-refractivity contribution is 0.0899. The lowest BCUT2D eigenvalue weighted by atomic mass is 10.1. The van der Waals surface area contributed by atoms with Gasteiger partial charge in [-0.1, -0.05) is 0 Å². The van der Waals surface area contributed by atoms with Crippen molar-refractivity contribution < 1.29 is 14.3 Å². The summed E-state index contributed by atoms with van der Waals surface area (Å²) in [7, 11) is 0. The van der Waals surface area contributed by atoms with Crippen molar-refractivity contribution in [2.75, 3.05) is 5.73 Å². The number of rotatable bonds is 2. The van der Waals surface area contributed by atoms with E-state index in [1.54, 1.807) is 19.9 Å². The van der Waals surface area contributed by atoms with Crippen molar-refractivity contribution in [2.24, 2.45) is 0 Å². The highest BCUT2D eigenvalue weighted by molar-refractivity contribution is 6.01. The van der Waals surface area contributed by atoms with Crippen molar-refractivity contribution in [3.05, 3.63) is 41.0 Å². The van der Waals surface area contributed by atoms with Gasteiger partial charge < -0.3 is 21.1 Å². The topological polar surface area (TPSA) is 117 Å². The highest BCUT2D eigenvalue weighted by Gasteiger charge is 2.34. The number of aliphatic hydroxyl groups excluding tert-OH is 1. The minimum absolute atomic E-state index is 0.197. The van der Waals surface area contributed by atoms with E-state index in [1.807, 2.05) is 0 Å². The maximum absolute atomic E-state index is 14.6. The summed E-state index contributed by atoms with van der Waals surface area (Å²) < 4.78 is 14.6. The van der Waals surface area contributed by atoms with Crippen LogP contribution in [-0.4, -0.2) is 32.1 Å². The molecule has 2 aromatic heterocycles. The zero-order valence-electron chi connectivity index (χ0n) is 13.6. The lowest BCUT2D eigenvalue weighted by Gasteiger charge is -2.14. The van der Waals surface area contributed by atoms with Gasteiger partial charge in [-0.25, -0.2) is 14.4 Å². The van der Waals surface area contributed by atoms with Crippen LogP contribution in [-0.2, 0) is 0 Å². The fraction of sp³-hybridized carbons (Fsp3) is 0.235. The first-order valence-corrected chi connectivity index (χ1v) is 7.81. The molecule has 1 aliphatic rings. The van der Waals surface area contributed by atoms with Crippen molar-refractivity contribution in [1.82, 2.24) is 20.3 Å². The number of fused-ring (bicyclic) bond motifs is 2. The Kier molecular flexibility index (Phi) is 3.26. The van der Waals surface area contributed by atoms with Crippen LogP contribution in [0.3, 0.4) is 0 Å². The molecule has 25 heavy (non-hydrogen) atoms. The Hall–Kier alpha value is -3.00. The summed E-state index contributed by atoms with van der Waals surface area (Å²) in [5.41, 5.74) is 8.72. The molecule has 0 aliphatic carbocycles. The molecule has 0 saturated carbocycles. The number of nitrogens with zero attached hydrogens (tertiary/aromatic N) is 2. The molecule has 0 bridgehead atoms. The Bertz CT molecular complexity index is 1030. The van der Waals surface area contributed by atoms with Gasteiger partial charge in [0.2, 0.25) is 0 Å². The third-order valence-electron chi connectivity index (χ3n) is 4.44. The molecule has 0 fully saturated rings. The number of carbonyl (C=O) groups is 1. The Labute approximate surface area is 142 Å². The molecule has 1 aliphatic heterocycles. The first-order valence-electron chi connectivity index (χ1n) is 7.81. The Morgan fingerprint density at radius 2 is 2.12 bits per heavy atom. The van der Waals surface area contributed by atoms with Crippen LogP contribution in [0.1, 0.15) is 34.7 Å². The van der Waals surface area contributed by atoms with Crippen molar-refractivity contribution in [1.29, 1.82) is 0 Å². The molecule has 1 aromatic carbocycles. The Morgan fingerprint density at radius 3 is 2.84 bits per heavy atom. The van der Waals surface area contributed by atoms with Gasteiger partial charge in [0.15, 0.2) is 0 Å². The monoisotopic (exact) mass is 341 g/mol. The van der Waals surface area contributed by atoms with Crippen LogP contribution in [0.2, 0.25) is 0 Å². The molecule has 2 atom stereocenters. The predicted molar refractivity (Wildman–Crippen MR) is 90.3 cm³/mol. The number of halogens is 1. The number of nitrogens with one attached hydrogen (secondary N) is 2. The summed E-state index contributed by atoms with van der Waals surface area (Å²) in [6.07, 6.45) is -0.785. The second-order valence-corrected chi connectivity index (χ2v) is 6.19. The summed E-state index contributed by atoms with van der Waals surface area (Å²) in [6, 6.07) is 3.84. The van der Waals surface area contributed by atoms with E-state index >= 15 is 0 Å². The summed E-state index contributed by atoms with van der Waals surface area (Å²) >= 11 is 0. The molecular formula is C17H16FN5O2. The summed E-state index contributed by atoms with van der Waals surface area (Å²) in [4.78, 5) is 23.7. The third-order valence-corrected chi connectivity index (χ3v) is 4.44. The molecule has 8 heteroatoms. The number of anilines is 1. The summed E-state index contributed by atoms with van der Waals surface area (Å²) in [5, 5.41) is 12.5. The first kappa shape index (κ1) is 15.5. The van der Waals surface area contributed by atoms with Crippen LogP contribution in [0.25, 0.3) is 22.3 Å². The number of aromatic nitrogens is 3. The standard InChI is InChI=1S/C17H16FN5O2/c1-6-16(19)22-15-10(20-6)4-3-9(18)12(15)11-5-8-14(21-11)13(7(2)24)23-17(8)25/h3-5,7,13,21,24H,1-2H3,(H2,19,22)(H,23,25)/t7-,13-/m0/s1. The smallest absolute Gasteiger partial charge is 0.253 e. The van der Waals surface area contributed by atoms with E-state index in [-0.39, 0.29) is 17.3 Å². The molecule has 1 amide bonds. The van der Waals surface area contributed by atoms with E-state index in [0.717, 1.165) is 0 Å². The van der Waals surface area contributed by atoms with E-state index < -0.39 is 18.0 Å². The van der Waals surface area contributed by atoms with Gasteiger partial charge in [-0.05, 0) is 32.0 Å². The van der Waals surface area contributed by atoms with Crippen LogP contribution in [0, 0.1) is 12.7 Å². The highest BCUT2D eigenvalue weighted by atomic mass is 19.1. The molecule has 7 nitrogen and oxygen atoms in total. The number of nitrogen functional groups attached to an aromatic ring is 1. The van der Waals surface area contributed by atoms with Crippen LogP contribution in [0.5, 0.6) is 0 Å². The molecule has 4 rings (SSSR count). The molecule has 3 aromatic rings. The molecule has 5 N–H and O–H groups in total. The van der Waals surface area contributed by atoms with E-state index in [2.05, 4.69) is 20.3 Å². The lowest BCUT2D eigenvalue weighted by Crippen LogP contribution is -2.28. The molecule has 3 heterocycles. The number of carbonyl (C=O) groups excluding carboxylic acids is 1. The van der Waals surface area contributed by atoms with Crippen LogP contribution >= 0.6 is 0 Å². The van der Waals surface area contributed by atoms with Gasteiger partial charge in [-0.15, -0.1) is 0 Å². The first-order chi connectivity index (χ1) is 11.9. The van der Waals surface area contributed by atoms with Crippen molar-refractivity contribution in [3.8, 4) is 11.3 Å². The molecule has 0 radical (unpaired) electrons. The van der Waals surface area contributed by atoms with Crippen molar-refractivity contribution >= 4 is 22.8 Å². The number of H-pyrrole nitrogens is 1. The van der Waals surface area contributed by atoms with Gasteiger partial charge in [0.05, 0.1) is 45.9 Å². The largest absolute Gasteiger partial charge is 0.391 e. The van der Waals surface area contributed by atoms with Crippen molar-refractivity contribution in [3.63, 3.8) is 0 Å². The van der Waals surface area contributed by atoms with Gasteiger partial charge in [-0.2, -0.15) is 0 Å². The molecule has 0 unspecified atom stereocenters. The van der Waals surface area contributed by atoms with Crippen LogP contribution in [0.15, 0.2) is 18.2 Å². The minimum Gasteiger partial charge on any atom is -0.391 e. The van der Waals surface area contributed by atoms with Gasteiger partial charge in [0.1, 0.15) is 17.2 Å². The van der Waals surface area contributed by atoms with Crippen molar-refractivity contribution in [2.45, 2.75) is 26.0 Å². The fourth-order valence-electron chi connectivity index (χ4n) is 3.15. The average Bonchev–Trinajstić information content (AvgIpc) is 3.09. The van der Waals surface area contributed by atoms with E-state index in [1.165, 1.54) is 12.1 Å². The zero-order valence-corrected chi connectivity index (χ0v) is 13.6. The van der Waals surface area contributed by atoms with Crippen LogP contribution in [0.4, 0.5) is 10.2 Å². The molecule has 0 spiro atoms. The number of hydrogen-bond donors (Lipinski definition) is 4. The third kappa shape index (κ3) is 2.25. The highest BCUT2D eigenvalue weighted by Crippen LogP contribution is 2.35. The number of benzene rings is 1. The fourth-order valence-corrected chi connectivity index (χ4v) is 3.15. The Morgan fingerprint density at radius 1 is 1.36 bits per heavy atom. The Balaban J connectivity index is 1.96. The summed E-state index contributed by atoms with van der Waals surface area (Å²) in [6.45, 7) is 3.31. The number of aliphatic hydroxyl groups is 1. The van der Waals surface area contributed by atoms with Gasteiger partial charge in [-0.3, -0.25) is 4.79 Å². The SMILES string of the molecule is Cc1nc2ccc(F)c(-c3cc4c([nH]3)[C@H]([C@H](C)O)NC4=O)c2nc1N. The van der Waals surface area contributed by atoms with E-state index in [9.17, 15) is 14.3 Å². The maximum Gasteiger partial charge on any atom is 0.253 e. The van der Waals surface area contributed by atoms with Gasteiger partial charge in [0, 0.05) is 0 Å². The minimum atomic E-state index is -0.785. The van der Waals surface area contributed by atoms with Gasteiger partial charge in [0.25, 0.3) is 5.91 Å². The normalized spacial score (nSPS) is 17.6. The second kappa shape index (κ2) is 5.25. The number of nitrogens with two attached hydrogens (primary N) is 1. The van der Waals surface area contributed by atoms with Crippen LogP contribution < -0.4 is 11.1 Å². The molecule has 0 saturated heterocycles. The van der Waals surface area contributed by atoms with Gasteiger partial charge >= 0.3 is 0 Å². The van der Waals surface area contributed by atoms with E-state index in [0.29, 0.717) is 33.7 Å². The predicted octanol–water partition coefficient (Wildman–Crippen LogP) is 1.82. The maximum atomic E-state index is 14.6.